The predicted octanol–water partition coefficient (Wildman–Crippen LogP) is 3.95. The first-order valence-electron chi connectivity index (χ1n) is 16.3. The minimum absolute atomic E-state index is 0.0773. The number of alkyl carbamates (subject to hydrolysis) is 1. The van der Waals surface area contributed by atoms with Crippen LogP contribution in [0.1, 0.15) is 52.9 Å². The summed E-state index contributed by atoms with van der Waals surface area (Å²) in [6.45, 7) is 6.02. The normalized spacial score (nSPS) is 16.5. The minimum atomic E-state index is -4.20. The van der Waals surface area contributed by atoms with E-state index in [4.69, 9.17) is 20.2 Å². The zero-order chi connectivity index (χ0) is 36.7. The topological polar surface area (TPSA) is 227 Å². The van der Waals surface area contributed by atoms with Crippen molar-refractivity contribution in [3.05, 3.63) is 54.3 Å². The lowest BCUT2D eigenvalue weighted by Gasteiger charge is -2.31. The molecule has 1 unspecified atom stereocenters. The van der Waals surface area contributed by atoms with Gasteiger partial charge in [0.15, 0.2) is 11.5 Å². The molecule has 1 aliphatic carbocycles. The third-order valence-electron chi connectivity index (χ3n) is 7.79. The molecule has 6 N–H and O–H groups in total. The number of ether oxygens (including phenoxy) is 2. The molecule has 2 amide bonds. The molecular weight excluding hydrogens is 691 g/mol. The molecule has 0 saturated heterocycles. The lowest BCUT2D eigenvalue weighted by atomic mass is 10.0. The Bertz CT molecular complexity index is 1850. The largest absolute Gasteiger partial charge is 0.453 e. The predicted molar refractivity (Wildman–Crippen MR) is 191 cm³/mol. The van der Waals surface area contributed by atoms with Crippen molar-refractivity contribution >= 4 is 60.1 Å². The van der Waals surface area contributed by atoms with E-state index in [1.165, 1.54) is 0 Å². The van der Waals surface area contributed by atoms with Crippen LogP contribution >= 0.6 is 0 Å². The molecular formula is C33H45N5O10S2. The van der Waals surface area contributed by atoms with E-state index in [2.05, 4.69) is 10.6 Å². The molecule has 0 fully saturated rings. The number of hydrogen-bond donors (Lipinski definition) is 5. The van der Waals surface area contributed by atoms with E-state index in [0.29, 0.717) is 65.2 Å². The Morgan fingerprint density at radius 2 is 1.66 bits per heavy atom. The second-order valence-corrected chi connectivity index (χ2v) is 16.2. The fourth-order valence-electron chi connectivity index (χ4n) is 5.58. The number of nitrogens with one attached hydrogen (secondary N) is 2. The molecule has 0 aromatic heterocycles. The number of fused-ring (bicyclic) bond motifs is 4. The standard InChI is InChI=1S/C33H45N5O10S2/c1-33(2,3)48-32(40)37-26(12-6-7-15-34)31(39)36-27-21-29-30(24-11-5-4-10-23(24)27)35-25-14-13-22(20-28(25)47-29)38(16-8-18-49(41,42)43)17-9-19-50(44,45)46/h4-5,10-11,13-14,20-22,26H,6-9,12,15-19,34H2,1-3H3,(H,36,39)(H,37,40)(H,41,42,43)(H,44,45,46)/t22?,26-/m0/s1. The van der Waals surface area contributed by atoms with Crippen molar-refractivity contribution in [3.63, 3.8) is 0 Å². The second-order valence-electron chi connectivity index (χ2n) is 13.1. The lowest BCUT2D eigenvalue weighted by Crippen LogP contribution is -2.45. The molecule has 0 radical (unpaired) electrons. The number of allylic oxidation sites excluding steroid dienone is 1. The Morgan fingerprint density at radius 3 is 2.26 bits per heavy atom. The van der Waals surface area contributed by atoms with Crippen LogP contribution in [0.15, 0.2) is 59.3 Å². The average molecular weight is 736 g/mol. The van der Waals surface area contributed by atoms with Gasteiger partial charge in [0.25, 0.3) is 20.2 Å². The molecule has 2 aliphatic rings. The molecule has 1 aliphatic heterocycles. The van der Waals surface area contributed by atoms with Gasteiger partial charge in [-0.2, -0.15) is 16.8 Å². The van der Waals surface area contributed by atoms with Crippen LogP contribution in [0.25, 0.3) is 10.8 Å². The van der Waals surface area contributed by atoms with Gasteiger partial charge in [-0.25, -0.2) is 9.79 Å². The maximum absolute atomic E-state index is 13.6. The van der Waals surface area contributed by atoms with E-state index >= 15 is 0 Å². The summed E-state index contributed by atoms with van der Waals surface area (Å²) in [6, 6.07) is 7.65. The van der Waals surface area contributed by atoms with Crippen LogP contribution in [0.3, 0.4) is 0 Å². The monoisotopic (exact) mass is 735 g/mol. The third kappa shape index (κ3) is 11.6. The summed E-state index contributed by atoms with van der Waals surface area (Å²) in [6.07, 6.45) is 6.36. The van der Waals surface area contributed by atoms with Crippen LogP contribution in [0.2, 0.25) is 0 Å². The Hall–Kier alpha value is -3.87. The van der Waals surface area contributed by atoms with Gasteiger partial charge < -0.3 is 25.8 Å². The number of carbonyl (C=O) groups is 2. The van der Waals surface area contributed by atoms with E-state index in [-0.39, 0.29) is 25.9 Å². The van der Waals surface area contributed by atoms with Crippen LogP contribution in [0.5, 0.6) is 5.75 Å². The zero-order valence-corrected chi connectivity index (χ0v) is 29.9. The number of nitrogens with two attached hydrogens (primary N) is 1. The molecule has 274 valence electrons. The van der Waals surface area contributed by atoms with Gasteiger partial charge in [0.2, 0.25) is 5.91 Å². The molecule has 2 aromatic rings. The zero-order valence-electron chi connectivity index (χ0n) is 28.3. The molecule has 0 spiro atoms. The molecule has 50 heavy (non-hydrogen) atoms. The summed E-state index contributed by atoms with van der Waals surface area (Å²) >= 11 is 0. The smallest absolute Gasteiger partial charge is 0.408 e. The van der Waals surface area contributed by atoms with E-state index in [1.54, 1.807) is 39.0 Å². The highest BCUT2D eigenvalue weighted by Gasteiger charge is 2.29. The number of unbranched alkanes of at least 4 members (excludes halogenated alkanes) is 1. The Labute approximate surface area is 292 Å². The number of hydrogen-bond acceptors (Lipinski definition) is 11. The van der Waals surface area contributed by atoms with Crippen LogP contribution < -0.4 is 21.1 Å². The van der Waals surface area contributed by atoms with Crippen LogP contribution in [-0.2, 0) is 29.8 Å². The molecule has 0 saturated carbocycles. The first-order chi connectivity index (χ1) is 23.4. The van der Waals surface area contributed by atoms with Crippen molar-refractivity contribution in [2.75, 3.05) is 36.5 Å². The minimum Gasteiger partial charge on any atom is -0.453 e. The molecule has 4 rings (SSSR count). The Balaban J connectivity index is 1.61. The van der Waals surface area contributed by atoms with Crippen molar-refractivity contribution < 1.29 is 45.0 Å². The Kier molecular flexibility index (Phi) is 12.8. The first-order valence-corrected chi connectivity index (χ1v) is 19.5. The average Bonchev–Trinajstić information content (AvgIpc) is 3.00. The summed E-state index contributed by atoms with van der Waals surface area (Å²) in [5.41, 5.74) is 6.39. The molecule has 1 heterocycles. The van der Waals surface area contributed by atoms with Gasteiger partial charge in [0.05, 0.1) is 23.2 Å². The van der Waals surface area contributed by atoms with Gasteiger partial charge in [-0.15, -0.1) is 0 Å². The van der Waals surface area contributed by atoms with Crippen LogP contribution in [0, 0.1) is 0 Å². The van der Waals surface area contributed by atoms with Gasteiger partial charge >= 0.3 is 6.09 Å². The number of rotatable bonds is 16. The summed E-state index contributed by atoms with van der Waals surface area (Å²) in [5.74, 6) is -0.670. The van der Waals surface area contributed by atoms with Crippen LogP contribution in [-0.4, -0.2) is 97.4 Å². The number of benzene rings is 2. The van der Waals surface area contributed by atoms with Crippen molar-refractivity contribution in [3.8, 4) is 5.75 Å². The van der Waals surface area contributed by atoms with Gasteiger partial charge in [0, 0.05) is 29.9 Å². The molecule has 17 heteroatoms. The quantitative estimate of drug-likeness (QED) is 0.122. The van der Waals surface area contributed by atoms with Crippen molar-refractivity contribution in [1.82, 2.24) is 10.2 Å². The van der Waals surface area contributed by atoms with Gasteiger partial charge in [0.1, 0.15) is 23.0 Å². The van der Waals surface area contributed by atoms with Gasteiger partial charge in [-0.1, -0.05) is 30.3 Å². The molecule has 0 bridgehead atoms. The summed E-state index contributed by atoms with van der Waals surface area (Å²) < 4.78 is 75.5. The van der Waals surface area contributed by atoms with E-state index in [9.17, 15) is 35.5 Å². The number of nitrogens with zero attached hydrogens (tertiary/aromatic N) is 2. The van der Waals surface area contributed by atoms with Crippen LogP contribution in [0.4, 0.5) is 16.2 Å². The van der Waals surface area contributed by atoms with Crippen molar-refractivity contribution in [2.45, 2.75) is 70.6 Å². The Morgan fingerprint density at radius 1 is 1.02 bits per heavy atom. The third-order valence-corrected chi connectivity index (χ3v) is 9.40. The van der Waals surface area contributed by atoms with Gasteiger partial charge in [-0.3, -0.25) is 18.8 Å². The fraction of sp³-hybridized carbons (Fsp3) is 0.485. The SMILES string of the molecule is CC(C)(C)OC(=O)N[C@@H](CCCCN)C(=O)Nc1cc2c(c3ccccc13)N=C1C=CC(N(CCCS(=O)(=O)O)CCCS(=O)(=O)O)C=C1O2. The summed E-state index contributed by atoms with van der Waals surface area (Å²) in [7, 11) is -8.41. The first kappa shape index (κ1) is 38.9. The molecule has 15 nitrogen and oxygen atoms in total. The van der Waals surface area contributed by atoms with E-state index in [0.717, 1.165) is 0 Å². The van der Waals surface area contributed by atoms with Crippen molar-refractivity contribution in [2.24, 2.45) is 10.7 Å². The molecule has 2 atom stereocenters. The number of amides is 2. The maximum atomic E-state index is 13.6. The summed E-state index contributed by atoms with van der Waals surface area (Å²) in [5, 5.41) is 7.03. The number of carbonyl (C=O) groups excluding carboxylic acids is 2. The molecule has 2 aromatic carbocycles. The second kappa shape index (κ2) is 16.4. The van der Waals surface area contributed by atoms with E-state index < -0.39 is 61.4 Å². The fourth-order valence-corrected chi connectivity index (χ4v) is 6.57. The number of anilines is 1. The highest BCUT2D eigenvalue weighted by Crippen LogP contribution is 2.44. The maximum Gasteiger partial charge on any atom is 0.408 e. The lowest BCUT2D eigenvalue weighted by molar-refractivity contribution is -0.118. The highest BCUT2D eigenvalue weighted by molar-refractivity contribution is 7.86. The number of aliphatic imine (C=N–C) groups is 1. The summed E-state index contributed by atoms with van der Waals surface area (Å²) in [4.78, 5) is 32.9. The van der Waals surface area contributed by atoms with E-state index in [1.807, 2.05) is 35.2 Å². The van der Waals surface area contributed by atoms with Crippen molar-refractivity contribution in [1.29, 1.82) is 0 Å². The highest BCUT2D eigenvalue weighted by atomic mass is 32.2. The van der Waals surface area contributed by atoms with Gasteiger partial charge in [-0.05, 0) is 71.6 Å².